The van der Waals surface area contributed by atoms with Crippen LogP contribution in [-0.2, 0) is 23.2 Å². The Kier molecular flexibility index (Phi) is 7.48. The summed E-state index contributed by atoms with van der Waals surface area (Å²) in [6, 6.07) is 5.57. The van der Waals surface area contributed by atoms with Gasteiger partial charge in [-0.2, -0.15) is 5.26 Å². The molecule has 186 valence electrons. The quantitative estimate of drug-likeness (QED) is 0.628. The van der Waals surface area contributed by atoms with E-state index in [9.17, 15) is 20.0 Å². The molecule has 2 aromatic heterocycles. The van der Waals surface area contributed by atoms with Crippen LogP contribution in [0.25, 0.3) is 11.4 Å². The van der Waals surface area contributed by atoms with Gasteiger partial charge in [-0.25, -0.2) is 14.5 Å². The van der Waals surface area contributed by atoms with Crippen LogP contribution in [0.3, 0.4) is 0 Å². The highest BCUT2D eigenvalue weighted by atomic mass is 16.6. The molecule has 2 heterocycles. The van der Waals surface area contributed by atoms with E-state index < -0.39 is 18.0 Å². The van der Waals surface area contributed by atoms with Gasteiger partial charge < -0.3 is 19.5 Å². The second-order valence-corrected chi connectivity index (χ2v) is 9.21. The average molecular weight is 483 g/mol. The maximum atomic E-state index is 12.5. The van der Waals surface area contributed by atoms with E-state index in [-0.39, 0.29) is 24.4 Å². The highest BCUT2D eigenvalue weighted by molar-refractivity contribution is 5.70. The number of rotatable bonds is 7. The first kappa shape index (κ1) is 24.4. The first-order valence-corrected chi connectivity index (χ1v) is 12.0. The lowest BCUT2D eigenvalue weighted by Crippen LogP contribution is -2.35. The average Bonchev–Trinajstić information content (AvgIpc) is 3.52. The molecule has 2 aliphatic carbocycles. The van der Waals surface area contributed by atoms with Crippen molar-refractivity contribution in [1.29, 1.82) is 5.26 Å². The topological polar surface area (TPSA) is 143 Å². The van der Waals surface area contributed by atoms with Gasteiger partial charge in [0.05, 0.1) is 17.7 Å². The lowest BCUT2D eigenvalue weighted by atomic mass is 9.87. The number of nitrogens with zero attached hydrogens (tertiary/aromatic N) is 6. The molecule has 0 spiro atoms. The number of aromatic nitrogens is 4. The van der Waals surface area contributed by atoms with Gasteiger partial charge in [0.2, 0.25) is 0 Å². The second-order valence-electron chi connectivity index (χ2n) is 9.21. The third kappa shape index (κ3) is 5.53. The van der Waals surface area contributed by atoms with Gasteiger partial charge in [-0.1, -0.05) is 18.1 Å². The largest absolute Gasteiger partial charge is 0.487 e. The lowest BCUT2D eigenvalue weighted by Gasteiger charge is -2.27. The van der Waals surface area contributed by atoms with Crippen LogP contribution in [0.2, 0.25) is 0 Å². The monoisotopic (exact) mass is 482 g/mol. The summed E-state index contributed by atoms with van der Waals surface area (Å²) in [6.45, 7) is -0.0325. The number of aryl methyl sites for hydroxylation is 1. The van der Waals surface area contributed by atoms with Crippen LogP contribution in [0.4, 0.5) is 4.79 Å². The van der Waals surface area contributed by atoms with Gasteiger partial charge in [-0.15, -0.1) is 5.10 Å². The molecule has 0 saturated heterocycles. The van der Waals surface area contributed by atoms with Crippen LogP contribution in [0.5, 0.6) is 5.75 Å². The van der Waals surface area contributed by atoms with Gasteiger partial charge in [0, 0.05) is 20.1 Å². The molecule has 0 aliphatic heterocycles. The highest BCUT2D eigenvalue weighted by Gasteiger charge is 2.29. The first-order valence-electron chi connectivity index (χ1n) is 12.0. The zero-order chi connectivity index (χ0) is 24.9. The fourth-order valence-electron chi connectivity index (χ4n) is 4.82. The molecule has 1 amide bonds. The number of pyridine rings is 1. The third-order valence-corrected chi connectivity index (χ3v) is 6.91. The van der Waals surface area contributed by atoms with E-state index in [1.54, 1.807) is 31.1 Å². The number of aliphatic carboxylic acids is 1. The molecule has 2 aliphatic rings. The van der Waals surface area contributed by atoms with Crippen molar-refractivity contribution in [2.45, 2.75) is 70.1 Å². The van der Waals surface area contributed by atoms with Gasteiger partial charge in [0.25, 0.3) is 0 Å². The van der Waals surface area contributed by atoms with Crippen molar-refractivity contribution < 1.29 is 24.2 Å². The van der Waals surface area contributed by atoms with Gasteiger partial charge >= 0.3 is 12.1 Å². The van der Waals surface area contributed by atoms with E-state index in [0.29, 0.717) is 35.7 Å². The van der Waals surface area contributed by atoms with Gasteiger partial charge in [-0.3, -0.25) is 4.79 Å². The van der Waals surface area contributed by atoms with Crippen molar-refractivity contribution in [3.05, 3.63) is 23.5 Å². The van der Waals surface area contributed by atoms with Crippen molar-refractivity contribution in [2.75, 3.05) is 7.05 Å². The number of carboxylic acids is 1. The first-order chi connectivity index (χ1) is 16.9. The zero-order valence-electron chi connectivity index (χ0n) is 20.0. The van der Waals surface area contributed by atoms with Crippen molar-refractivity contribution in [3.8, 4) is 23.2 Å². The van der Waals surface area contributed by atoms with E-state index in [4.69, 9.17) is 9.47 Å². The summed E-state index contributed by atoms with van der Waals surface area (Å²) < 4.78 is 13.0. The second kappa shape index (κ2) is 10.7. The van der Waals surface area contributed by atoms with Gasteiger partial charge in [0.1, 0.15) is 24.1 Å². The highest BCUT2D eigenvalue weighted by Crippen LogP contribution is 2.31. The van der Waals surface area contributed by atoms with Crippen LogP contribution < -0.4 is 4.74 Å². The van der Waals surface area contributed by atoms with Gasteiger partial charge in [-0.05, 0) is 50.7 Å². The van der Waals surface area contributed by atoms with Crippen LogP contribution >= 0.6 is 0 Å². The molecule has 0 unspecified atom stereocenters. The number of carbonyl (C=O) groups is 2. The fraction of sp³-hybridized carbons (Fsp3) is 0.583. The number of carboxylic acid groups (broad SMARTS) is 1. The van der Waals surface area contributed by atoms with Crippen molar-refractivity contribution in [2.24, 2.45) is 13.0 Å². The molecule has 11 nitrogen and oxygen atoms in total. The Hall–Kier alpha value is -3.68. The normalized spacial score (nSPS) is 20.3. The smallest absolute Gasteiger partial charge is 0.410 e. The van der Waals surface area contributed by atoms with Crippen LogP contribution in [0.15, 0.2) is 12.1 Å². The number of amides is 1. The van der Waals surface area contributed by atoms with Crippen molar-refractivity contribution in [3.63, 3.8) is 0 Å². The van der Waals surface area contributed by atoms with Crippen LogP contribution in [-0.4, -0.2) is 61.2 Å². The number of hydrogen-bond donors (Lipinski definition) is 1. The van der Waals surface area contributed by atoms with E-state index in [0.717, 1.165) is 38.5 Å². The minimum Gasteiger partial charge on any atom is -0.487 e. The van der Waals surface area contributed by atoms with E-state index in [2.05, 4.69) is 21.4 Å². The summed E-state index contributed by atoms with van der Waals surface area (Å²) in [5, 5.41) is 27.2. The summed E-state index contributed by atoms with van der Waals surface area (Å²) in [5.74, 6) is -0.955. The fourth-order valence-corrected chi connectivity index (χ4v) is 4.82. The summed E-state index contributed by atoms with van der Waals surface area (Å²) in [6.07, 6.45) is 6.03. The molecule has 0 radical (unpaired) electrons. The molecular weight excluding hydrogens is 452 g/mol. The van der Waals surface area contributed by atoms with Gasteiger partial charge in [0.15, 0.2) is 11.4 Å². The predicted molar refractivity (Wildman–Crippen MR) is 123 cm³/mol. The van der Waals surface area contributed by atoms with Crippen molar-refractivity contribution in [1.82, 2.24) is 24.9 Å². The number of carbonyl (C=O) groups excluding carboxylic acids is 1. The Morgan fingerprint density at radius 1 is 1.23 bits per heavy atom. The molecule has 1 N–H and O–H groups in total. The summed E-state index contributed by atoms with van der Waals surface area (Å²) >= 11 is 0. The van der Waals surface area contributed by atoms with E-state index >= 15 is 0 Å². The lowest BCUT2D eigenvalue weighted by molar-refractivity contribution is -0.143. The standard InChI is InChI=1S/C24H30N6O5/c1-29(16-7-3-4-8-16)24(33)34-14-20-22(27-28-30(20)2)18-10-11-21(19(13-25)26-18)35-17-9-5-6-15(12-17)23(31)32/h10-11,15-17H,3-9,12,14H2,1-2H3,(H,31,32)/t15-,17-/m0/s1. The zero-order valence-corrected chi connectivity index (χ0v) is 20.0. The molecular formula is C24H30N6O5. The van der Waals surface area contributed by atoms with E-state index in [1.807, 2.05) is 0 Å². The molecule has 4 rings (SSSR count). The maximum Gasteiger partial charge on any atom is 0.410 e. The molecule has 2 saturated carbocycles. The van der Waals surface area contributed by atoms with Crippen molar-refractivity contribution >= 4 is 12.1 Å². The summed E-state index contributed by atoms with van der Waals surface area (Å²) in [5.41, 5.74) is 1.45. The molecule has 11 heteroatoms. The Labute approximate surface area is 203 Å². The Morgan fingerprint density at radius 3 is 2.71 bits per heavy atom. The molecule has 0 bridgehead atoms. The number of hydrogen-bond acceptors (Lipinski definition) is 8. The van der Waals surface area contributed by atoms with Crippen LogP contribution in [0, 0.1) is 17.2 Å². The Bertz CT molecular complexity index is 1120. The molecule has 0 aromatic carbocycles. The Balaban J connectivity index is 1.47. The maximum absolute atomic E-state index is 12.5. The molecule has 35 heavy (non-hydrogen) atoms. The SMILES string of the molecule is CN(C(=O)OCc1c(-c2ccc(O[C@H]3CCC[C@H](C(=O)O)C3)c(C#N)n2)nnn1C)C1CCCC1. The minimum atomic E-state index is -0.822. The third-order valence-electron chi connectivity index (χ3n) is 6.91. The minimum absolute atomic E-state index is 0.0325. The molecule has 2 atom stereocenters. The predicted octanol–water partition coefficient (Wildman–Crippen LogP) is 3.28. The molecule has 2 aromatic rings. The molecule has 2 fully saturated rings. The number of ether oxygens (including phenoxy) is 2. The summed E-state index contributed by atoms with van der Waals surface area (Å²) in [7, 11) is 3.45. The summed E-state index contributed by atoms with van der Waals surface area (Å²) in [4.78, 5) is 29.9. The van der Waals surface area contributed by atoms with E-state index in [1.165, 1.54) is 4.68 Å². The number of nitriles is 1. The van der Waals surface area contributed by atoms with Crippen LogP contribution in [0.1, 0.15) is 62.8 Å². The Morgan fingerprint density at radius 2 is 2.00 bits per heavy atom.